The average molecular weight is 459 g/mol. The standard InChI is InChI=1S/C24H34N4O3S/c1-26-16-6-10-22(26)23-11-7-17-28(23)18-24(29)25-19-12-14-21(15-13-19)32(30,31)27(2)20-8-4-3-5-9-20/h6,10,12-16,20,23H,3-5,7-9,11,17-18H2,1-2H3,(H,25,29). The van der Waals surface area contributed by atoms with Gasteiger partial charge in [-0.25, -0.2) is 8.42 Å². The minimum absolute atomic E-state index is 0.0748. The highest BCUT2D eigenvalue weighted by Crippen LogP contribution is 2.31. The van der Waals surface area contributed by atoms with Crippen LogP contribution in [0.2, 0.25) is 0 Å². The maximum atomic E-state index is 13.0. The van der Waals surface area contributed by atoms with Gasteiger partial charge in [0.1, 0.15) is 0 Å². The maximum absolute atomic E-state index is 13.0. The summed E-state index contributed by atoms with van der Waals surface area (Å²) in [7, 11) is 0.187. The third kappa shape index (κ3) is 4.92. The fourth-order valence-electron chi connectivity index (χ4n) is 5.07. The summed E-state index contributed by atoms with van der Waals surface area (Å²) in [5, 5.41) is 2.92. The van der Waals surface area contributed by atoms with Gasteiger partial charge in [0.2, 0.25) is 15.9 Å². The summed E-state index contributed by atoms with van der Waals surface area (Å²) in [6.07, 6.45) is 9.34. The molecule has 2 fully saturated rings. The van der Waals surface area contributed by atoms with Gasteiger partial charge in [0, 0.05) is 37.7 Å². The first kappa shape index (κ1) is 23.0. The van der Waals surface area contributed by atoms with E-state index in [9.17, 15) is 13.2 Å². The predicted octanol–water partition coefficient (Wildman–Crippen LogP) is 3.75. The maximum Gasteiger partial charge on any atom is 0.243 e. The Morgan fingerprint density at radius 1 is 1.06 bits per heavy atom. The molecule has 1 amide bonds. The molecule has 32 heavy (non-hydrogen) atoms. The second kappa shape index (κ2) is 9.77. The van der Waals surface area contributed by atoms with E-state index < -0.39 is 10.0 Å². The zero-order valence-corrected chi connectivity index (χ0v) is 19.9. The highest BCUT2D eigenvalue weighted by atomic mass is 32.2. The summed E-state index contributed by atoms with van der Waals surface area (Å²) in [4.78, 5) is 15.2. The predicted molar refractivity (Wildman–Crippen MR) is 126 cm³/mol. The molecule has 1 atom stereocenters. The Balaban J connectivity index is 1.37. The van der Waals surface area contributed by atoms with Crippen LogP contribution < -0.4 is 5.32 Å². The first-order chi connectivity index (χ1) is 15.4. The molecule has 1 aliphatic carbocycles. The van der Waals surface area contributed by atoms with Crippen LogP contribution in [0.25, 0.3) is 0 Å². The van der Waals surface area contributed by atoms with Gasteiger partial charge in [0.15, 0.2) is 0 Å². The molecule has 2 aromatic rings. The molecule has 1 saturated carbocycles. The number of hydrogen-bond donors (Lipinski definition) is 1. The topological polar surface area (TPSA) is 74.7 Å². The number of nitrogens with one attached hydrogen (secondary N) is 1. The van der Waals surface area contributed by atoms with Gasteiger partial charge in [-0.15, -0.1) is 0 Å². The zero-order valence-electron chi connectivity index (χ0n) is 19.0. The highest BCUT2D eigenvalue weighted by Gasteiger charge is 2.30. The summed E-state index contributed by atoms with van der Waals surface area (Å²) in [6, 6.07) is 11.0. The number of aromatic nitrogens is 1. The first-order valence-corrected chi connectivity index (χ1v) is 13.0. The van der Waals surface area contributed by atoms with Crippen LogP contribution in [0.4, 0.5) is 5.69 Å². The SMILES string of the molecule is CN(C1CCCCC1)S(=O)(=O)c1ccc(NC(=O)CN2CCCC2c2cccn2C)cc1. The van der Waals surface area contributed by atoms with Crippen LogP contribution in [0.3, 0.4) is 0 Å². The van der Waals surface area contributed by atoms with E-state index in [0.29, 0.717) is 12.2 Å². The van der Waals surface area contributed by atoms with Gasteiger partial charge < -0.3 is 9.88 Å². The van der Waals surface area contributed by atoms with Crippen molar-refractivity contribution in [2.75, 3.05) is 25.5 Å². The smallest absolute Gasteiger partial charge is 0.243 e. The summed E-state index contributed by atoms with van der Waals surface area (Å²) in [5.74, 6) is -0.0824. The van der Waals surface area contributed by atoms with E-state index in [1.807, 2.05) is 19.3 Å². The largest absolute Gasteiger partial charge is 0.353 e. The number of nitrogens with zero attached hydrogens (tertiary/aromatic N) is 3. The lowest BCUT2D eigenvalue weighted by Gasteiger charge is -2.30. The Bertz CT molecular complexity index is 1030. The van der Waals surface area contributed by atoms with Crippen molar-refractivity contribution in [3.63, 3.8) is 0 Å². The van der Waals surface area contributed by atoms with Crippen LogP contribution in [0.15, 0.2) is 47.5 Å². The zero-order chi connectivity index (χ0) is 22.7. The van der Waals surface area contributed by atoms with Gasteiger partial charge in [-0.3, -0.25) is 9.69 Å². The third-order valence-electron chi connectivity index (χ3n) is 6.94. The summed E-state index contributed by atoms with van der Waals surface area (Å²) >= 11 is 0. The highest BCUT2D eigenvalue weighted by molar-refractivity contribution is 7.89. The van der Waals surface area contributed by atoms with Crippen molar-refractivity contribution in [3.05, 3.63) is 48.3 Å². The van der Waals surface area contributed by atoms with Gasteiger partial charge in [-0.05, 0) is 68.6 Å². The summed E-state index contributed by atoms with van der Waals surface area (Å²) in [5.41, 5.74) is 1.84. The number of anilines is 1. The van der Waals surface area contributed by atoms with Crippen molar-refractivity contribution in [1.29, 1.82) is 0 Å². The molecule has 0 bridgehead atoms. The number of hydrogen-bond acceptors (Lipinski definition) is 4. The van der Waals surface area contributed by atoms with E-state index in [0.717, 1.165) is 45.1 Å². The molecule has 2 aliphatic rings. The third-order valence-corrected chi connectivity index (χ3v) is 8.86. The lowest BCUT2D eigenvalue weighted by molar-refractivity contribution is -0.117. The van der Waals surface area contributed by atoms with Gasteiger partial charge in [-0.1, -0.05) is 19.3 Å². The van der Waals surface area contributed by atoms with Crippen molar-refractivity contribution in [2.24, 2.45) is 7.05 Å². The molecule has 174 valence electrons. The first-order valence-electron chi connectivity index (χ1n) is 11.6. The van der Waals surface area contributed by atoms with Gasteiger partial charge in [-0.2, -0.15) is 4.31 Å². The summed E-state index contributed by atoms with van der Waals surface area (Å²) in [6.45, 7) is 1.22. The van der Waals surface area contributed by atoms with Crippen LogP contribution >= 0.6 is 0 Å². The average Bonchev–Trinajstić information content (AvgIpc) is 3.42. The quantitative estimate of drug-likeness (QED) is 0.686. The molecule has 8 heteroatoms. The van der Waals surface area contributed by atoms with Gasteiger partial charge in [0.05, 0.1) is 17.5 Å². The normalized spacial score (nSPS) is 20.7. The molecule has 1 unspecified atom stereocenters. The lowest BCUT2D eigenvalue weighted by atomic mass is 9.96. The van der Waals surface area contributed by atoms with Crippen LogP contribution in [-0.4, -0.2) is 54.3 Å². The molecular formula is C24H34N4O3S. The lowest BCUT2D eigenvalue weighted by Crippen LogP contribution is -2.38. The Morgan fingerprint density at radius 2 is 1.78 bits per heavy atom. The molecule has 4 rings (SSSR count). The molecule has 0 spiro atoms. The monoisotopic (exact) mass is 458 g/mol. The molecule has 1 aromatic heterocycles. The van der Waals surface area contributed by atoms with E-state index in [2.05, 4.69) is 20.9 Å². The van der Waals surface area contributed by atoms with Crippen LogP contribution in [-0.2, 0) is 21.9 Å². The molecule has 7 nitrogen and oxygen atoms in total. The molecule has 1 aromatic carbocycles. The van der Waals surface area contributed by atoms with Crippen molar-refractivity contribution in [3.8, 4) is 0 Å². The number of carbonyl (C=O) groups excluding carboxylic acids is 1. The fraction of sp³-hybridized carbons (Fsp3) is 0.542. The van der Waals surface area contributed by atoms with Crippen molar-refractivity contribution >= 4 is 21.6 Å². The second-order valence-corrected chi connectivity index (χ2v) is 11.1. The van der Waals surface area contributed by atoms with E-state index in [-0.39, 0.29) is 22.9 Å². The number of benzene rings is 1. The number of amides is 1. The fourth-order valence-corrected chi connectivity index (χ4v) is 6.49. The number of sulfonamides is 1. The Labute approximate surface area is 191 Å². The molecule has 1 aliphatic heterocycles. The molecular weight excluding hydrogens is 424 g/mol. The van der Waals surface area contributed by atoms with Crippen molar-refractivity contribution in [2.45, 2.75) is 61.9 Å². The van der Waals surface area contributed by atoms with E-state index in [1.165, 1.54) is 16.4 Å². The minimum Gasteiger partial charge on any atom is -0.353 e. The summed E-state index contributed by atoms with van der Waals surface area (Å²) < 4.78 is 29.6. The van der Waals surface area contributed by atoms with Crippen LogP contribution in [0.1, 0.15) is 56.7 Å². The number of rotatable bonds is 7. The number of carbonyl (C=O) groups is 1. The Hall–Kier alpha value is -2.16. The second-order valence-electron chi connectivity index (χ2n) is 9.06. The number of likely N-dealkylation sites (tertiary alicyclic amines) is 1. The van der Waals surface area contributed by atoms with E-state index in [1.54, 1.807) is 31.3 Å². The van der Waals surface area contributed by atoms with Crippen LogP contribution in [0, 0.1) is 0 Å². The van der Waals surface area contributed by atoms with Crippen LogP contribution in [0.5, 0.6) is 0 Å². The van der Waals surface area contributed by atoms with Crippen molar-refractivity contribution in [1.82, 2.24) is 13.8 Å². The molecule has 1 saturated heterocycles. The van der Waals surface area contributed by atoms with Crippen molar-refractivity contribution < 1.29 is 13.2 Å². The Kier molecular flexibility index (Phi) is 7.02. The molecule has 0 radical (unpaired) electrons. The van der Waals surface area contributed by atoms with Gasteiger partial charge in [0.25, 0.3) is 0 Å². The van der Waals surface area contributed by atoms with E-state index >= 15 is 0 Å². The Morgan fingerprint density at radius 3 is 2.44 bits per heavy atom. The number of aryl methyl sites for hydroxylation is 1. The minimum atomic E-state index is -3.53. The van der Waals surface area contributed by atoms with Gasteiger partial charge >= 0.3 is 0 Å². The van der Waals surface area contributed by atoms with E-state index in [4.69, 9.17) is 0 Å². The molecule has 1 N–H and O–H groups in total. The molecule has 2 heterocycles.